The topological polar surface area (TPSA) is 0 Å². The highest BCUT2D eigenvalue weighted by Crippen LogP contribution is 2.12. The van der Waals surface area contributed by atoms with Gasteiger partial charge in [0.05, 0.1) is 0 Å². The largest absolute Gasteiger partial charge is 0.129 e. The van der Waals surface area contributed by atoms with Gasteiger partial charge in [-0.1, -0.05) is 33.8 Å². The summed E-state index contributed by atoms with van der Waals surface area (Å²) in [7, 11) is 0. The van der Waals surface area contributed by atoms with E-state index in [1.807, 2.05) is 0 Å². The highest BCUT2D eigenvalue weighted by molar-refractivity contribution is 5.01. The Labute approximate surface area is 58.3 Å². The zero-order valence-electron chi connectivity index (χ0n) is 6.70. The first-order valence-electron chi connectivity index (χ1n) is 3.61. The monoisotopic (exact) mass is 124 g/mol. The van der Waals surface area contributed by atoms with Gasteiger partial charge in [0, 0.05) is 0 Å². The van der Waals surface area contributed by atoms with Gasteiger partial charge in [-0.2, -0.15) is 0 Å². The van der Waals surface area contributed by atoms with Crippen molar-refractivity contribution in [3.05, 3.63) is 17.9 Å². The Hall–Kier alpha value is -0.480. The van der Waals surface area contributed by atoms with Gasteiger partial charge >= 0.3 is 0 Å². The van der Waals surface area contributed by atoms with E-state index >= 15 is 0 Å². The molecule has 0 aliphatic carbocycles. The van der Waals surface area contributed by atoms with Crippen molar-refractivity contribution < 1.29 is 0 Å². The molecule has 0 atom stereocenters. The van der Waals surface area contributed by atoms with Crippen molar-refractivity contribution in [2.45, 2.75) is 33.6 Å². The second-order valence-corrected chi connectivity index (χ2v) is 2.61. The van der Waals surface area contributed by atoms with Crippen molar-refractivity contribution in [2.75, 3.05) is 0 Å². The maximum atomic E-state index is 3.64. The summed E-state index contributed by atoms with van der Waals surface area (Å²) in [5.74, 6) is 0.627. The van der Waals surface area contributed by atoms with Crippen molar-refractivity contribution in [1.29, 1.82) is 0 Å². The van der Waals surface area contributed by atoms with E-state index in [0.29, 0.717) is 5.92 Å². The molecule has 0 bridgehead atoms. The molecule has 0 unspecified atom stereocenters. The molecule has 0 radical (unpaired) electrons. The SMILES string of the molecule is C=C=C(CCC)C(C)C. The zero-order chi connectivity index (χ0) is 7.28. The lowest BCUT2D eigenvalue weighted by molar-refractivity contribution is 0.704. The molecule has 0 spiro atoms. The van der Waals surface area contributed by atoms with E-state index < -0.39 is 0 Å². The maximum Gasteiger partial charge on any atom is -0.0184 e. The van der Waals surface area contributed by atoms with Crippen molar-refractivity contribution in [2.24, 2.45) is 5.92 Å². The van der Waals surface area contributed by atoms with Crippen molar-refractivity contribution in [3.63, 3.8) is 0 Å². The minimum Gasteiger partial charge on any atom is -0.129 e. The van der Waals surface area contributed by atoms with Crippen LogP contribution in [0.25, 0.3) is 0 Å². The molecule has 0 rings (SSSR count). The Bertz CT molecular complexity index is 114. The maximum absolute atomic E-state index is 3.64. The lowest BCUT2D eigenvalue weighted by Gasteiger charge is -2.05. The molecule has 0 aliphatic heterocycles. The van der Waals surface area contributed by atoms with Gasteiger partial charge in [0.1, 0.15) is 0 Å². The smallest absolute Gasteiger partial charge is 0.0184 e. The van der Waals surface area contributed by atoms with Crippen LogP contribution in [0, 0.1) is 5.92 Å². The molecular formula is C9H16. The standard InChI is InChI=1S/C9H16/c1-5-7-9(6-2)8(3)4/h8H,2,5,7H2,1,3-4H3. The zero-order valence-corrected chi connectivity index (χ0v) is 6.70. The Balaban J connectivity index is 3.86. The summed E-state index contributed by atoms with van der Waals surface area (Å²) in [4.78, 5) is 0. The van der Waals surface area contributed by atoms with Gasteiger partial charge < -0.3 is 0 Å². The number of allylic oxidation sites excluding steroid dienone is 1. The summed E-state index contributed by atoms with van der Waals surface area (Å²) in [6, 6.07) is 0. The molecule has 0 fully saturated rings. The summed E-state index contributed by atoms with van der Waals surface area (Å²) in [5.41, 5.74) is 4.33. The third-order valence-corrected chi connectivity index (χ3v) is 1.44. The average molecular weight is 124 g/mol. The molecule has 0 heterocycles. The minimum atomic E-state index is 0.627. The Morgan fingerprint density at radius 1 is 1.56 bits per heavy atom. The molecule has 9 heavy (non-hydrogen) atoms. The van der Waals surface area contributed by atoms with Crippen LogP contribution in [0.1, 0.15) is 33.6 Å². The van der Waals surface area contributed by atoms with E-state index in [1.165, 1.54) is 12.0 Å². The van der Waals surface area contributed by atoms with Crippen LogP contribution >= 0.6 is 0 Å². The van der Waals surface area contributed by atoms with Crippen LogP contribution < -0.4 is 0 Å². The number of rotatable bonds is 3. The summed E-state index contributed by atoms with van der Waals surface area (Å²) in [6.45, 7) is 10.2. The van der Waals surface area contributed by atoms with Gasteiger partial charge in [0.2, 0.25) is 0 Å². The lowest BCUT2D eigenvalue weighted by Crippen LogP contribution is -1.90. The highest BCUT2D eigenvalue weighted by Gasteiger charge is 1.98. The fourth-order valence-corrected chi connectivity index (χ4v) is 0.851. The normalized spacial score (nSPS) is 9.33. The molecular weight excluding hydrogens is 108 g/mol. The van der Waals surface area contributed by atoms with Crippen molar-refractivity contribution >= 4 is 0 Å². The Morgan fingerprint density at radius 2 is 2.11 bits per heavy atom. The molecule has 0 saturated heterocycles. The predicted octanol–water partition coefficient (Wildman–Crippen LogP) is 3.15. The molecule has 0 saturated carbocycles. The number of hydrogen-bond acceptors (Lipinski definition) is 0. The first kappa shape index (κ1) is 8.52. The van der Waals surface area contributed by atoms with Crippen LogP contribution in [0.5, 0.6) is 0 Å². The van der Waals surface area contributed by atoms with Gasteiger partial charge in [-0.05, 0) is 17.9 Å². The summed E-state index contributed by atoms with van der Waals surface area (Å²) < 4.78 is 0. The van der Waals surface area contributed by atoms with Crippen LogP contribution in [-0.4, -0.2) is 0 Å². The summed E-state index contributed by atoms with van der Waals surface area (Å²) in [6.07, 6.45) is 2.36. The molecule has 0 N–H and O–H groups in total. The quantitative estimate of drug-likeness (QED) is 0.507. The molecule has 0 aromatic carbocycles. The summed E-state index contributed by atoms with van der Waals surface area (Å²) >= 11 is 0. The second-order valence-electron chi connectivity index (χ2n) is 2.61. The van der Waals surface area contributed by atoms with Crippen molar-refractivity contribution in [1.82, 2.24) is 0 Å². The van der Waals surface area contributed by atoms with E-state index in [-0.39, 0.29) is 0 Å². The molecule has 0 amide bonds. The van der Waals surface area contributed by atoms with Crippen LogP contribution in [0.15, 0.2) is 17.9 Å². The fourth-order valence-electron chi connectivity index (χ4n) is 0.851. The van der Waals surface area contributed by atoms with Crippen LogP contribution in [-0.2, 0) is 0 Å². The first-order valence-corrected chi connectivity index (χ1v) is 3.61. The predicted molar refractivity (Wildman–Crippen MR) is 42.4 cm³/mol. The molecule has 0 aromatic rings. The third kappa shape index (κ3) is 3.16. The first-order chi connectivity index (χ1) is 4.22. The highest BCUT2D eigenvalue weighted by atomic mass is 14.0. The van der Waals surface area contributed by atoms with Gasteiger partial charge in [-0.3, -0.25) is 0 Å². The van der Waals surface area contributed by atoms with E-state index in [2.05, 4.69) is 33.1 Å². The Kier molecular flexibility index (Phi) is 4.17. The average Bonchev–Trinajstić information content (AvgIpc) is 1.82. The van der Waals surface area contributed by atoms with Gasteiger partial charge in [0.25, 0.3) is 0 Å². The van der Waals surface area contributed by atoms with E-state index in [0.717, 1.165) is 6.42 Å². The fraction of sp³-hybridized carbons (Fsp3) is 0.667. The number of hydrogen-bond donors (Lipinski definition) is 0. The summed E-state index contributed by atoms with van der Waals surface area (Å²) in [5, 5.41) is 0. The van der Waals surface area contributed by atoms with E-state index in [9.17, 15) is 0 Å². The molecule has 0 aliphatic rings. The van der Waals surface area contributed by atoms with Crippen LogP contribution in [0.4, 0.5) is 0 Å². The molecule has 52 valence electrons. The molecule has 0 nitrogen and oxygen atoms in total. The minimum absolute atomic E-state index is 0.627. The van der Waals surface area contributed by atoms with Crippen LogP contribution in [0.2, 0.25) is 0 Å². The second kappa shape index (κ2) is 4.40. The third-order valence-electron chi connectivity index (χ3n) is 1.44. The van der Waals surface area contributed by atoms with E-state index in [1.54, 1.807) is 0 Å². The van der Waals surface area contributed by atoms with Crippen molar-refractivity contribution in [3.8, 4) is 0 Å². The molecule has 0 aromatic heterocycles. The van der Waals surface area contributed by atoms with Gasteiger partial charge in [-0.25, -0.2) is 0 Å². The van der Waals surface area contributed by atoms with Gasteiger partial charge in [0.15, 0.2) is 0 Å². The van der Waals surface area contributed by atoms with E-state index in [4.69, 9.17) is 0 Å². The Morgan fingerprint density at radius 3 is 2.22 bits per heavy atom. The van der Waals surface area contributed by atoms with Crippen LogP contribution in [0.3, 0.4) is 0 Å². The van der Waals surface area contributed by atoms with Gasteiger partial charge in [-0.15, -0.1) is 5.73 Å². The molecule has 0 heteroatoms. The lowest BCUT2D eigenvalue weighted by atomic mass is 10.0.